The van der Waals surface area contributed by atoms with Crippen LogP contribution in [-0.2, 0) is 0 Å². The highest BCUT2D eigenvalue weighted by atomic mass is 127. The number of aromatic nitrogens is 4. The third-order valence-corrected chi connectivity index (χ3v) is 12.3. The molecule has 7 aromatic rings. The van der Waals surface area contributed by atoms with Crippen LogP contribution in [0, 0.1) is 65.9 Å². The molecule has 0 radical (unpaired) electrons. The van der Waals surface area contributed by atoms with E-state index in [1.54, 1.807) is 0 Å². The maximum absolute atomic E-state index is 5.59. The number of hydrogen-bond donors (Lipinski definition) is 2. The maximum atomic E-state index is 5.59. The van der Waals surface area contributed by atoms with Crippen molar-refractivity contribution in [1.29, 1.82) is 0 Å². The fraction of sp³-hybridized carbons (Fsp3) is 0.170. The molecule has 4 nitrogen and oxygen atoms in total. The first kappa shape index (κ1) is 37.8. The zero-order valence-corrected chi connectivity index (χ0v) is 36.8. The summed E-state index contributed by atoms with van der Waals surface area (Å²) in [6.45, 7) is 19.8. The molecule has 2 aliphatic rings. The molecule has 0 saturated heterocycles. The molecule has 0 saturated carbocycles. The molecule has 2 N–H and O–H groups in total. The molecule has 58 heavy (non-hydrogen) atoms. The Morgan fingerprint density at radius 2 is 0.672 bits per heavy atom. The number of halogens is 1. The molecule has 9 rings (SSSR count). The van der Waals surface area contributed by atoms with Crippen molar-refractivity contribution in [3.8, 4) is 44.5 Å². The molecule has 0 unspecified atom stereocenters. The Hall–Kier alpha value is -5.79. The molecule has 3 aromatic heterocycles. The summed E-state index contributed by atoms with van der Waals surface area (Å²) in [5, 5.41) is 0. The van der Waals surface area contributed by atoms with Gasteiger partial charge in [-0.25, -0.2) is 9.97 Å². The Kier molecular flexibility index (Phi) is 9.47. The number of aryl methyl sites for hydroxylation is 9. The van der Waals surface area contributed by atoms with Crippen molar-refractivity contribution in [2.24, 2.45) is 0 Å². The van der Waals surface area contributed by atoms with Gasteiger partial charge in [-0.05, 0) is 201 Å². The van der Waals surface area contributed by atoms with Gasteiger partial charge in [0.1, 0.15) is 0 Å². The lowest BCUT2D eigenvalue weighted by Crippen LogP contribution is -1.97. The van der Waals surface area contributed by atoms with Gasteiger partial charge in [-0.1, -0.05) is 65.2 Å². The molecular weight excluding hydrogens is 821 g/mol. The number of benzene rings is 4. The lowest BCUT2D eigenvalue weighted by molar-refractivity contribution is 1.25. The Morgan fingerprint density at radius 3 is 1.07 bits per heavy atom. The van der Waals surface area contributed by atoms with E-state index in [2.05, 4.69) is 204 Å². The lowest BCUT2D eigenvalue weighted by Gasteiger charge is -2.14. The van der Waals surface area contributed by atoms with Gasteiger partial charge in [0.25, 0.3) is 0 Å². The van der Waals surface area contributed by atoms with Crippen molar-refractivity contribution in [2.75, 3.05) is 0 Å². The fourth-order valence-electron chi connectivity index (χ4n) is 9.47. The van der Waals surface area contributed by atoms with Gasteiger partial charge in [0.2, 0.25) is 0 Å². The minimum Gasteiger partial charge on any atom is -0.354 e. The summed E-state index contributed by atoms with van der Waals surface area (Å²) >= 11 is 2.42. The standard InChI is InChI=1S/C53H47IN4/c1-28-10-12-37(13-11-28)50-39-14-16-41(55-39)51(47-31(4)22-29(2)23-32(47)5)43-18-20-45(57-43)53(49-35(8)26-38(54)27-36(49)9)46-21-19-44(58-46)52(42-17-15-40(50)56-42)48-33(6)24-30(3)25-34(48)7/h10-27,55-56H,1-9H3/i50+1. The second kappa shape index (κ2) is 14.5. The number of fused-ring (bicyclic) bond motifs is 8. The third-order valence-electron chi connectivity index (χ3n) is 11.7. The van der Waals surface area contributed by atoms with Gasteiger partial charge in [-0.15, -0.1) is 0 Å². The normalized spacial score (nSPS) is 12.2. The zero-order valence-electron chi connectivity index (χ0n) is 34.7. The van der Waals surface area contributed by atoms with E-state index < -0.39 is 0 Å². The number of nitrogens with zero attached hydrogens (tertiary/aromatic N) is 2. The van der Waals surface area contributed by atoms with E-state index in [1.807, 2.05) is 0 Å². The summed E-state index contributed by atoms with van der Waals surface area (Å²) in [5.74, 6) is 0. The number of aromatic amines is 2. The topological polar surface area (TPSA) is 57.4 Å². The van der Waals surface area contributed by atoms with Gasteiger partial charge >= 0.3 is 0 Å². The van der Waals surface area contributed by atoms with E-state index in [-0.39, 0.29) is 0 Å². The molecule has 4 aromatic carbocycles. The molecule has 2 aliphatic heterocycles. The van der Waals surface area contributed by atoms with Gasteiger partial charge in [-0.3, -0.25) is 0 Å². The second-order valence-corrected chi connectivity index (χ2v) is 17.6. The predicted molar refractivity (Wildman–Crippen MR) is 256 cm³/mol. The van der Waals surface area contributed by atoms with Crippen molar-refractivity contribution in [2.45, 2.75) is 62.3 Å². The average Bonchev–Trinajstić information content (AvgIpc) is 3.99. The first-order chi connectivity index (χ1) is 27.8. The Balaban J connectivity index is 1.53. The van der Waals surface area contributed by atoms with Crippen LogP contribution in [0.15, 0.2) is 84.9 Å². The highest BCUT2D eigenvalue weighted by Gasteiger charge is 2.23. The lowest BCUT2D eigenvalue weighted by atomic mass is 9.92. The first-order valence-electron chi connectivity index (χ1n) is 20.0. The molecule has 8 bridgehead atoms. The molecular formula is C53H47IN4. The summed E-state index contributed by atoms with van der Waals surface area (Å²) in [4.78, 5) is 19.1. The van der Waals surface area contributed by atoms with Crippen molar-refractivity contribution in [3.05, 3.63) is 161 Å². The van der Waals surface area contributed by atoms with Gasteiger partial charge in [0.15, 0.2) is 0 Å². The SMILES string of the molecule is Cc1ccc(-[13c]2c3ccc([nH]3)c(-c3c(C)cc(C)cc3C)c3nc(c(-c4c(C)cc(I)cc4C)c4nc(c(-c5c(C)cc(C)cc5C)c5ccc2[nH]5)C=C4)C=C3)cc1. The summed E-state index contributed by atoms with van der Waals surface area (Å²) in [5.41, 5.74) is 27.8. The Labute approximate surface area is 355 Å². The molecule has 0 aliphatic carbocycles. The van der Waals surface area contributed by atoms with Crippen molar-refractivity contribution >= 4 is 69.0 Å². The average molecular weight is 868 g/mol. The van der Waals surface area contributed by atoms with Crippen LogP contribution in [0.4, 0.5) is 0 Å². The third kappa shape index (κ3) is 6.55. The molecule has 0 atom stereocenters. The van der Waals surface area contributed by atoms with Gasteiger partial charge in [0.05, 0.1) is 22.8 Å². The summed E-state index contributed by atoms with van der Waals surface area (Å²) < 4.78 is 1.21. The number of hydrogen-bond acceptors (Lipinski definition) is 2. The van der Waals surface area contributed by atoms with Crippen molar-refractivity contribution in [3.63, 3.8) is 0 Å². The van der Waals surface area contributed by atoms with Crippen LogP contribution in [0.2, 0.25) is 0 Å². The Morgan fingerprint density at radius 1 is 0.345 bits per heavy atom. The van der Waals surface area contributed by atoms with Crippen LogP contribution in [0.1, 0.15) is 72.8 Å². The van der Waals surface area contributed by atoms with Crippen LogP contribution in [0.3, 0.4) is 0 Å². The zero-order chi connectivity index (χ0) is 40.6. The molecule has 0 fully saturated rings. The summed E-state index contributed by atoms with van der Waals surface area (Å²) in [7, 11) is 0. The van der Waals surface area contributed by atoms with Gasteiger partial charge in [-0.2, -0.15) is 0 Å². The van der Waals surface area contributed by atoms with E-state index in [0.717, 1.165) is 72.7 Å². The smallest absolute Gasteiger partial charge is 0.0738 e. The maximum Gasteiger partial charge on any atom is 0.0738 e. The van der Waals surface area contributed by atoms with Crippen LogP contribution < -0.4 is 0 Å². The largest absolute Gasteiger partial charge is 0.354 e. The van der Waals surface area contributed by atoms with Crippen LogP contribution in [0.25, 0.3) is 90.9 Å². The van der Waals surface area contributed by atoms with Gasteiger partial charge < -0.3 is 9.97 Å². The van der Waals surface area contributed by atoms with E-state index in [1.165, 1.54) is 70.3 Å². The Bertz CT molecular complexity index is 2870. The highest BCUT2D eigenvalue weighted by molar-refractivity contribution is 14.1. The minimum atomic E-state index is 0.907. The van der Waals surface area contributed by atoms with E-state index in [4.69, 9.17) is 9.97 Å². The fourth-order valence-corrected chi connectivity index (χ4v) is 10.4. The van der Waals surface area contributed by atoms with E-state index >= 15 is 0 Å². The molecule has 5 heteroatoms. The second-order valence-electron chi connectivity index (χ2n) is 16.3. The van der Waals surface area contributed by atoms with E-state index in [0.29, 0.717) is 0 Å². The van der Waals surface area contributed by atoms with E-state index in [9.17, 15) is 0 Å². The minimum absolute atomic E-state index is 0.907. The first-order valence-corrected chi connectivity index (χ1v) is 21.1. The van der Waals surface area contributed by atoms with Crippen molar-refractivity contribution in [1.82, 2.24) is 19.9 Å². The molecule has 5 heterocycles. The summed E-state index contributed by atoms with van der Waals surface area (Å²) in [6.07, 6.45) is 8.77. The quantitative estimate of drug-likeness (QED) is 0.173. The molecule has 0 spiro atoms. The number of rotatable bonds is 4. The van der Waals surface area contributed by atoms with Crippen LogP contribution in [-0.4, -0.2) is 19.9 Å². The van der Waals surface area contributed by atoms with Gasteiger partial charge in [0, 0.05) is 47.9 Å². The van der Waals surface area contributed by atoms with Crippen LogP contribution >= 0.6 is 22.6 Å². The number of nitrogens with one attached hydrogen (secondary N) is 2. The van der Waals surface area contributed by atoms with Crippen LogP contribution in [0.5, 0.6) is 0 Å². The molecule has 286 valence electrons. The molecule has 0 amide bonds. The van der Waals surface area contributed by atoms with Crippen molar-refractivity contribution < 1.29 is 0 Å². The highest BCUT2D eigenvalue weighted by Crippen LogP contribution is 2.42. The monoisotopic (exact) mass is 867 g/mol. The predicted octanol–water partition coefficient (Wildman–Crippen LogP) is 14.7. The summed E-state index contributed by atoms with van der Waals surface area (Å²) in [6, 6.07) is 31.4. The number of H-pyrrole nitrogens is 2.